The lowest BCUT2D eigenvalue weighted by Gasteiger charge is -2.36. The number of carbonyl (C=O) groups excluding carboxylic acids is 3. The predicted molar refractivity (Wildman–Crippen MR) is 158 cm³/mol. The number of rotatable bonds is 9. The average molecular weight is 588 g/mol. The summed E-state index contributed by atoms with van der Waals surface area (Å²) in [5.74, 6) is -1.14. The molecule has 2 unspecified atom stereocenters. The first-order valence-electron chi connectivity index (χ1n) is 14.8. The lowest BCUT2D eigenvalue weighted by Crippen LogP contribution is -2.58. The van der Waals surface area contributed by atoms with Crippen LogP contribution in [0.25, 0.3) is 0 Å². The van der Waals surface area contributed by atoms with Gasteiger partial charge in [-0.25, -0.2) is 4.79 Å². The molecular weight excluding hydrogens is 541 g/mol. The second-order valence-electron chi connectivity index (χ2n) is 13.1. The van der Waals surface area contributed by atoms with Crippen LogP contribution < -0.4 is 10.6 Å². The fourth-order valence-corrected chi connectivity index (χ4v) is 8.96. The molecular formula is C31H46N3O6P. The first kappa shape index (κ1) is 31.3. The van der Waals surface area contributed by atoms with E-state index in [1.807, 2.05) is 52.8 Å². The number of alkyl carbamates (subject to hydrolysis) is 1. The Balaban J connectivity index is 1.50. The van der Waals surface area contributed by atoms with Crippen molar-refractivity contribution in [2.24, 2.45) is 11.3 Å². The van der Waals surface area contributed by atoms with Gasteiger partial charge in [-0.05, 0) is 80.9 Å². The van der Waals surface area contributed by atoms with Crippen LogP contribution in [0.4, 0.5) is 4.79 Å². The molecule has 1 aromatic carbocycles. The third kappa shape index (κ3) is 6.56. The van der Waals surface area contributed by atoms with E-state index in [0.717, 1.165) is 42.4 Å². The molecule has 3 aliphatic rings. The van der Waals surface area contributed by atoms with Crippen molar-refractivity contribution in [1.29, 1.82) is 0 Å². The molecule has 0 radical (unpaired) electrons. The molecule has 4 rings (SSSR count). The van der Waals surface area contributed by atoms with Crippen molar-refractivity contribution in [2.75, 3.05) is 6.54 Å². The van der Waals surface area contributed by atoms with Gasteiger partial charge >= 0.3 is 6.09 Å². The summed E-state index contributed by atoms with van der Waals surface area (Å²) in [6.45, 7) is 13.6. The Morgan fingerprint density at radius 3 is 2.37 bits per heavy atom. The zero-order chi connectivity index (χ0) is 30.2. The number of carbonyl (C=O) groups is 3. The normalized spacial score (nSPS) is 26.6. The molecule has 1 aromatic rings. The lowest BCUT2D eigenvalue weighted by atomic mass is 9.85. The second kappa shape index (κ2) is 11.9. The fraction of sp³-hybridized carbons (Fsp3) is 0.645. The monoisotopic (exact) mass is 587 g/mol. The van der Waals surface area contributed by atoms with Crippen molar-refractivity contribution < 1.29 is 28.6 Å². The van der Waals surface area contributed by atoms with Gasteiger partial charge in [0, 0.05) is 12.5 Å². The molecule has 0 spiro atoms. The molecule has 1 saturated heterocycles. The van der Waals surface area contributed by atoms with E-state index >= 15 is 0 Å². The first-order valence-corrected chi connectivity index (χ1v) is 16.6. The number of nitrogens with zero attached hydrogens (tertiary/aromatic N) is 1. The summed E-state index contributed by atoms with van der Waals surface area (Å²) < 4.78 is 19.5. The van der Waals surface area contributed by atoms with Crippen LogP contribution in [0.3, 0.4) is 0 Å². The Morgan fingerprint density at radius 1 is 1.17 bits per heavy atom. The molecule has 0 aromatic heterocycles. The Labute approximate surface area is 243 Å². The minimum absolute atomic E-state index is 0.0530. The van der Waals surface area contributed by atoms with Gasteiger partial charge in [-0.2, -0.15) is 0 Å². The molecule has 1 heterocycles. The molecule has 3 amide bonds. The van der Waals surface area contributed by atoms with Crippen LogP contribution in [0.1, 0.15) is 82.4 Å². The van der Waals surface area contributed by atoms with Gasteiger partial charge in [0.15, 0.2) is 0 Å². The number of amides is 3. The molecule has 5 atom stereocenters. The summed E-state index contributed by atoms with van der Waals surface area (Å²) in [7, 11) is -3.93. The van der Waals surface area contributed by atoms with Crippen LogP contribution >= 0.6 is 7.37 Å². The van der Waals surface area contributed by atoms with Crippen molar-refractivity contribution in [1.82, 2.24) is 15.5 Å². The SMILES string of the molecule is C=C[C@@H]1C[C@]1(NC(=O)[C@@H]1CCCN1C(=O)C(NC(=O)OC1CCCC1)C(C)(C)C)P(=O)(O)Cc1c(C)cccc1C. The minimum Gasteiger partial charge on any atom is -0.446 e. The highest BCUT2D eigenvalue weighted by Crippen LogP contribution is 2.71. The maximum atomic E-state index is 14.0. The second-order valence-corrected chi connectivity index (χ2v) is 15.7. The van der Waals surface area contributed by atoms with E-state index in [1.54, 1.807) is 6.08 Å². The fourth-order valence-electron chi connectivity index (χ4n) is 6.36. The Hall–Kier alpha value is -2.64. The standard InChI is InChI=1S/C31H46N3O6P/c1-7-22-18-31(22,41(38,39)19-24-20(2)12-10-13-21(24)3)33-27(35)25-16-11-17-34(25)28(36)26(30(4,5)6)32-29(37)40-23-14-8-9-15-23/h7,10,12-13,22-23,25-26H,1,8-9,11,14-19H2,2-6H3,(H,32,37)(H,33,35)(H,38,39)/t22-,25+,26?,31+/m1/s1. The summed E-state index contributed by atoms with van der Waals surface area (Å²) >= 11 is 0. The molecule has 41 heavy (non-hydrogen) atoms. The van der Waals surface area contributed by atoms with E-state index in [9.17, 15) is 23.8 Å². The highest BCUT2D eigenvalue weighted by atomic mass is 31.2. The summed E-state index contributed by atoms with van der Waals surface area (Å²) in [6, 6.07) is 4.04. The van der Waals surface area contributed by atoms with E-state index < -0.39 is 42.1 Å². The summed E-state index contributed by atoms with van der Waals surface area (Å²) in [5, 5.41) is 4.39. The van der Waals surface area contributed by atoms with E-state index in [2.05, 4.69) is 17.2 Å². The highest BCUT2D eigenvalue weighted by Gasteiger charge is 2.65. The molecule has 226 valence electrons. The third-order valence-electron chi connectivity index (χ3n) is 9.04. The predicted octanol–water partition coefficient (Wildman–Crippen LogP) is 5.17. The zero-order valence-electron chi connectivity index (χ0n) is 25.1. The van der Waals surface area contributed by atoms with Gasteiger partial charge in [0.05, 0.1) is 6.16 Å². The summed E-state index contributed by atoms with van der Waals surface area (Å²) in [5.41, 5.74) is 2.03. The van der Waals surface area contributed by atoms with Crippen molar-refractivity contribution in [3.63, 3.8) is 0 Å². The molecule has 3 fully saturated rings. The van der Waals surface area contributed by atoms with Gasteiger partial charge in [-0.1, -0.05) is 45.0 Å². The van der Waals surface area contributed by atoms with E-state index in [1.165, 1.54) is 4.90 Å². The summed E-state index contributed by atoms with van der Waals surface area (Å²) in [4.78, 5) is 53.3. The van der Waals surface area contributed by atoms with Crippen LogP contribution in [0, 0.1) is 25.2 Å². The number of aryl methyl sites for hydroxylation is 2. The molecule has 0 bridgehead atoms. The van der Waals surface area contributed by atoms with Gasteiger partial charge in [0.2, 0.25) is 19.2 Å². The van der Waals surface area contributed by atoms with Crippen LogP contribution in [-0.2, 0) is 25.1 Å². The van der Waals surface area contributed by atoms with E-state index in [4.69, 9.17) is 4.74 Å². The number of ether oxygens (including phenoxy) is 1. The van der Waals surface area contributed by atoms with Gasteiger partial charge in [-0.15, -0.1) is 6.58 Å². The largest absolute Gasteiger partial charge is 0.446 e. The van der Waals surface area contributed by atoms with Crippen LogP contribution in [-0.4, -0.2) is 57.7 Å². The van der Waals surface area contributed by atoms with E-state index in [0.29, 0.717) is 25.8 Å². The van der Waals surface area contributed by atoms with Gasteiger partial charge in [-0.3, -0.25) is 14.2 Å². The zero-order valence-corrected chi connectivity index (χ0v) is 26.0. The van der Waals surface area contributed by atoms with Crippen LogP contribution in [0.2, 0.25) is 0 Å². The molecule has 1 aliphatic heterocycles. The number of hydrogen-bond acceptors (Lipinski definition) is 5. The van der Waals surface area contributed by atoms with Crippen molar-refractivity contribution >= 4 is 25.3 Å². The molecule has 2 saturated carbocycles. The number of likely N-dealkylation sites (tertiary alicyclic amines) is 1. The van der Waals surface area contributed by atoms with Gasteiger partial charge < -0.3 is 25.2 Å². The minimum atomic E-state index is -3.93. The van der Waals surface area contributed by atoms with Crippen molar-refractivity contribution in [2.45, 2.75) is 109 Å². The molecule has 10 heteroatoms. The lowest BCUT2D eigenvalue weighted by molar-refractivity contribution is -0.142. The maximum Gasteiger partial charge on any atom is 0.408 e. The molecule has 9 nitrogen and oxygen atoms in total. The van der Waals surface area contributed by atoms with Crippen LogP contribution in [0.15, 0.2) is 30.9 Å². The average Bonchev–Trinajstić information content (AvgIpc) is 3.22. The van der Waals surface area contributed by atoms with Gasteiger partial charge in [0.1, 0.15) is 23.5 Å². The molecule has 3 N–H and O–H groups in total. The summed E-state index contributed by atoms with van der Waals surface area (Å²) in [6.07, 6.45) is 5.86. The third-order valence-corrected chi connectivity index (χ3v) is 11.7. The van der Waals surface area contributed by atoms with Gasteiger partial charge in [0.25, 0.3) is 0 Å². The smallest absolute Gasteiger partial charge is 0.408 e. The quantitative estimate of drug-likeness (QED) is 0.271. The van der Waals surface area contributed by atoms with E-state index in [-0.39, 0.29) is 24.1 Å². The maximum absolute atomic E-state index is 14.0. The Kier molecular flexibility index (Phi) is 9.10. The van der Waals surface area contributed by atoms with Crippen LogP contribution in [0.5, 0.6) is 0 Å². The number of benzene rings is 1. The highest BCUT2D eigenvalue weighted by molar-refractivity contribution is 7.59. The number of hydrogen-bond donors (Lipinski definition) is 3. The molecule has 2 aliphatic carbocycles. The first-order chi connectivity index (χ1) is 19.2. The Morgan fingerprint density at radius 2 is 1.80 bits per heavy atom. The van der Waals surface area contributed by atoms with Crippen molar-refractivity contribution in [3.05, 3.63) is 47.5 Å². The number of nitrogens with one attached hydrogen (secondary N) is 2. The Bertz CT molecular complexity index is 1220. The van der Waals surface area contributed by atoms with Crippen molar-refractivity contribution in [3.8, 4) is 0 Å². The topological polar surface area (TPSA) is 125 Å².